The number of aromatic amines is 1. The number of nitrogen functional groups attached to an aromatic ring is 1. The molecule has 0 unspecified atom stereocenters. The Morgan fingerprint density at radius 3 is 1.58 bits per heavy atom. The molecule has 7 nitrogen and oxygen atoms in total. The summed E-state index contributed by atoms with van der Waals surface area (Å²) in [6.45, 7) is 2.04. The fourth-order valence-corrected chi connectivity index (χ4v) is 6.58. The quantitative estimate of drug-likeness (QED) is 0.0599. The predicted octanol–water partition coefficient (Wildman–Crippen LogP) is 8.86. The summed E-state index contributed by atoms with van der Waals surface area (Å²) in [7, 11) is 0. The molecule has 8 aromatic carbocycles. The first-order valence-electron chi connectivity index (χ1n) is 18.5. The minimum absolute atomic E-state index is 0. The van der Waals surface area contributed by atoms with Crippen LogP contribution in [0.15, 0.2) is 187 Å². The van der Waals surface area contributed by atoms with E-state index in [1.165, 1.54) is 0 Å². The van der Waals surface area contributed by atoms with Crippen LogP contribution in [0.1, 0.15) is 12.5 Å². The monoisotopic (exact) mass is 880 g/mol. The van der Waals surface area contributed by atoms with Crippen molar-refractivity contribution < 1.29 is 26.5 Å². The van der Waals surface area contributed by atoms with Gasteiger partial charge in [0.25, 0.3) is 0 Å². The Balaban J connectivity index is 0.000000209. The number of halogens is 2. The van der Waals surface area contributed by atoms with Crippen molar-refractivity contribution in [3.05, 3.63) is 204 Å². The van der Waals surface area contributed by atoms with E-state index in [1.807, 2.05) is 152 Å². The van der Waals surface area contributed by atoms with Crippen LogP contribution in [0, 0.1) is 17.4 Å². The molecule has 0 spiro atoms. The number of rotatable bonds is 4. The summed E-state index contributed by atoms with van der Waals surface area (Å²) >= 11 is 4.72. The van der Waals surface area contributed by atoms with Crippen LogP contribution >= 0.6 is 11.6 Å². The smallest absolute Gasteiger partial charge is 1.00 e. The number of carbonyl (C=O) groups is 1. The second-order valence-corrected chi connectivity index (χ2v) is 13.0. The maximum Gasteiger partial charge on any atom is 2.00 e. The van der Waals surface area contributed by atoms with Crippen LogP contribution in [0.4, 0.5) is 10.5 Å². The van der Waals surface area contributed by atoms with Gasteiger partial charge >= 0.3 is 34.2 Å². The maximum atomic E-state index is 12.3. The molecule has 0 aliphatic carbocycles. The number of ether oxygens (including phenoxy) is 1. The van der Waals surface area contributed by atoms with Crippen molar-refractivity contribution >= 4 is 78.2 Å². The summed E-state index contributed by atoms with van der Waals surface area (Å²) in [5.74, 6) is 0. The second kappa shape index (κ2) is 23.3. The van der Waals surface area contributed by atoms with E-state index < -0.39 is 5.43 Å². The number of nitrogens with one attached hydrogen (secondary N) is 1. The number of benzene rings is 8. The molecular formula is C50H38BrClMgN4O3. The fourth-order valence-electron chi connectivity index (χ4n) is 6.47. The molecule has 1 heterocycles. The molecule has 0 fully saturated rings. The molecule has 0 aliphatic heterocycles. The van der Waals surface area contributed by atoms with Crippen LogP contribution < -0.4 is 28.4 Å². The fraction of sp³-hybridized carbons (Fsp3) is 0.0400. The zero-order valence-corrected chi connectivity index (χ0v) is 36.4. The molecule has 0 saturated heterocycles. The minimum Gasteiger partial charge on any atom is -1.00 e. The molecule has 0 atom stereocenters. The van der Waals surface area contributed by atoms with Crippen molar-refractivity contribution in [1.82, 2.24) is 9.97 Å². The van der Waals surface area contributed by atoms with E-state index in [9.17, 15) is 14.9 Å². The molecule has 0 saturated carbocycles. The van der Waals surface area contributed by atoms with Gasteiger partial charge in [0.1, 0.15) is 6.07 Å². The molecule has 0 amide bonds. The van der Waals surface area contributed by atoms with Crippen molar-refractivity contribution in [2.75, 3.05) is 12.3 Å². The van der Waals surface area contributed by atoms with Gasteiger partial charge in [0.05, 0.1) is 29.1 Å². The zero-order chi connectivity index (χ0) is 40.7. The third-order valence-electron chi connectivity index (χ3n) is 9.03. The number of hydrogen-bond acceptors (Lipinski definition) is 6. The Kier molecular flexibility index (Phi) is 18.1. The van der Waals surface area contributed by atoms with Gasteiger partial charge in [-0.1, -0.05) is 140 Å². The molecule has 9 rings (SSSR count). The van der Waals surface area contributed by atoms with E-state index in [-0.39, 0.29) is 45.7 Å². The van der Waals surface area contributed by atoms with Crippen molar-refractivity contribution in [3.8, 4) is 39.6 Å². The summed E-state index contributed by atoms with van der Waals surface area (Å²) in [6, 6.07) is 65.0. The first-order valence-corrected chi connectivity index (χ1v) is 18.8. The summed E-state index contributed by atoms with van der Waals surface area (Å²) in [5, 5.41) is 14.3. The van der Waals surface area contributed by atoms with Crippen LogP contribution in [0.5, 0.6) is 0 Å². The van der Waals surface area contributed by atoms with Crippen molar-refractivity contribution in [1.29, 1.82) is 5.26 Å². The SMILES string of the molecule is CCOC(=O)Cl.N#Cc1cc(-c2ccccc2)c2ccccc2c1N.O=c1nc(-c2ccccc2)c2cc(-c3ccccc3)c3ccccc3c2[nH]1.[Br-].[Mg+2].[c-]1ccccc1. The summed E-state index contributed by atoms with van der Waals surface area (Å²) in [5.41, 5.74) is 12.9. The standard InChI is InChI=1S/C24H16N2O.C17H12N2.C6H5.C3H5ClO2.BrH.Mg/c27-24-25-22(17-11-5-2-6-12-17)21-15-20(16-9-3-1-4-10-16)18-13-7-8-14-19(18)23(21)26-24;18-11-13-10-16(12-6-2-1-3-7-12)14-8-4-5-9-15(14)17(13)19;1-2-4-6-5-3-1;1-2-6-3(4)5;;/h1-15H,(H,25,26,27);1-10H,19H2;1-5H;2H2,1H3;1H;/q;;-1;;;+2/p-1. The molecule has 0 bridgehead atoms. The Bertz CT molecular complexity index is 2850. The molecule has 0 aliphatic rings. The van der Waals surface area contributed by atoms with Crippen LogP contribution in [0.3, 0.4) is 0 Å². The second-order valence-electron chi connectivity index (χ2n) is 12.7. The molecule has 292 valence electrons. The number of fused-ring (bicyclic) bond motifs is 4. The first kappa shape index (κ1) is 46.4. The number of hydrogen-bond donors (Lipinski definition) is 2. The maximum absolute atomic E-state index is 12.3. The minimum atomic E-state index is -0.738. The van der Waals surface area contributed by atoms with Crippen LogP contribution in [0.2, 0.25) is 0 Å². The number of H-pyrrole nitrogens is 1. The number of nitriles is 1. The van der Waals surface area contributed by atoms with E-state index >= 15 is 0 Å². The van der Waals surface area contributed by atoms with Crippen LogP contribution in [0.25, 0.3) is 66.0 Å². The van der Waals surface area contributed by atoms with Gasteiger partial charge in [-0.2, -0.15) is 46.6 Å². The average molecular weight is 883 g/mol. The molecule has 1 aromatic heterocycles. The predicted molar refractivity (Wildman–Crippen MR) is 243 cm³/mol. The van der Waals surface area contributed by atoms with Gasteiger partial charge in [0, 0.05) is 33.3 Å². The van der Waals surface area contributed by atoms with E-state index in [4.69, 9.17) is 17.3 Å². The largest absolute Gasteiger partial charge is 2.00 e. The summed E-state index contributed by atoms with van der Waals surface area (Å²) < 4.78 is 4.17. The molecule has 10 heteroatoms. The molecular weight excluding hydrogens is 844 g/mol. The molecule has 60 heavy (non-hydrogen) atoms. The van der Waals surface area contributed by atoms with Crippen molar-refractivity contribution in [3.63, 3.8) is 0 Å². The van der Waals surface area contributed by atoms with Crippen molar-refractivity contribution in [2.24, 2.45) is 0 Å². The zero-order valence-electron chi connectivity index (χ0n) is 32.7. The normalized spacial score (nSPS) is 9.82. The van der Waals surface area contributed by atoms with Crippen LogP contribution in [-0.4, -0.2) is 45.1 Å². The topological polar surface area (TPSA) is 122 Å². The number of anilines is 1. The van der Waals surface area contributed by atoms with Crippen molar-refractivity contribution in [2.45, 2.75) is 6.92 Å². The molecule has 9 aromatic rings. The Morgan fingerprint density at radius 1 is 0.683 bits per heavy atom. The van der Waals surface area contributed by atoms with Gasteiger partial charge < -0.3 is 32.4 Å². The number of aromatic nitrogens is 2. The Labute approximate surface area is 380 Å². The Morgan fingerprint density at radius 2 is 1.13 bits per heavy atom. The van der Waals surface area contributed by atoms with Gasteiger partial charge in [-0.3, -0.25) is 0 Å². The first-order chi connectivity index (χ1) is 28.4. The van der Waals surface area contributed by atoms with Crippen LogP contribution in [-0.2, 0) is 4.74 Å². The number of carbonyl (C=O) groups excluding carboxylic acids is 1. The van der Waals surface area contributed by atoms with E-state index in [0.29, 0.717) is 23.6 Å². The number of nitrogens with zero attached hydrogens (tertiary/aromatic N) is 2. The summed E-state index contributed by atoms with van der Waals surface area (Å²) in [4.78, 5) is 29.2. The number of nitrogens with two attached hydrogens (primary N) is 1. The van der Waals surface area contributed by atoms with E-state index in [0.717, 1.165) is 60.3 Å². The average Bonchev–Trinajstić information content (AvgIpc) is 3.28. The van der Waals surface area contributed by atoms with Gasteiger partial charge in [-0.15, -0.1) is 0 Å². The van der Waals surface area contributed by atoms with Gasteiger partial charge in [-0.25, -0.2) is 9.59 Å². The molecule has 3 N–H and O–H groups in total. The third-order valence-corrected chi connectivity index (χ3v) is 9.14. The molecule has 0 radical (unpaired) electrons. The third kappa shape index (κ3) is 11.7. The van der Waals surface area contributed by atoms with Gasteiger partial charge in [0.15, 0.2) is 0 Å². The Hall–Kier alpha value is -6.28. The summed E-state index contributed by atoms with van der Waals surface area (Å²) in [6.07, 6.45) is 0. The van der Waals surface area contributed by atoms with E-state index in [1.54, 1.807) is 6.92 Å². The van der Waals surface area contributed by atoms with Gasteiger partial charge in [-0.05, 0) is 52.1 Å². The van der Waals surface area contributed by atoms with Gasteiger partial charge in [0.2, 0.25) is 0 Å². The van der Waals surface area contributed by atoms with E-state index in [2.05, 4.69) is 57.2 Å².